The smallest absolute Gasteiger partial charge is 0.272 e. The van der Waals surface area contributed by atoms with E-state index < -0.39 is 13.0 Å². The van der Waals surface area contributed by atoms with Crippen molar-refractivity contribution in [1.29, 1.82) is 0 Å². The van der Waals surface area contributed by atoms with Gasteiger partial charge in [-0.05, 0) is 37.0 Å². The topological polar surface area (TPSA) is 54.9 Å². The molecule has 5 nitrogen and oxygen atoms in total. The molecule has 1 aromatic carbocycles. The molecule has 0 aliphatic heterocycles. The summed E-state index contributed by atoms with van der Waals surface area (Å²) in [7, 11) is 0. The van der Waals surface area contributed by atoms with Crippen LogP contribution in [0.3, 0.4) is 0 Å². The van der Waals surface area contributed by atoms with Crippen molar-refractivity contribution in [3.05, 3.63) is 29.8 Å². The van der Waals surface area contributed by atoms with Crippen molar-refractivity contribution in [3.8, 4) is 5.75 Å². The summed E-state index contributed by atoms with van der Waals surface area (Å²) in [6.45, 7) is 9.10. The third-order valence-corrected chi connectivity index (χ3v) is 3.25. The Labute approximate surface area is 155 Å². The fourth-order valence-corrected chi connectivity index (χ4v) is 2.10. The van der Waals surface area contributed by atoms with Crippen LogP contribution in [0.15, 0.2) is 29.3 Å². The number of hydrogen-bond acceptors (Lipinski definition) is 3. The number of rotatable bonds is 12. The lowest BCUT2D eigenvalue weighted by Gasteiger charge is -2.12. The van der Waals surface area contributed by atoms with Crippen LogP contribution in [0.4, 0.5) is 8.78 Å². The summed E-state index contributed by atoms with van der Waals surface area (Å²) in [5, 5.41) is 6.45. The number of aliphatic imine (C=N–C) groups is 1. The number of benzene rings is 1. The molecule has 0 amide bonds. The number of halogens is 2. The summed E-state index contributed by atoms with van der Waals surface area (Å²) in [6, 6.07) is 7.06. The summed E-state index contributed by atoms with van der Waals surface area (Å²) < 4.78 is 35.0. The fraction of sp³-hybridized carbons (Fsp3) is 0.632. The Morgan fingerprint density at radius 3 is 2.69 bits per heavy atom. The van der Waals surface area contributed by atoms with Crippen LogP contribution in [0, 0.1) is 5.92 Å². The molecule has 0 bridgehead atoms. The molecule has 0 atom stereocenters. The first kappa shape index (κ1) is 22.2. The van der Waals surface area contributed by atoms with E-state index in [4.69, 9.17) is 9.47 Å². The first-order valence-electron chi connectivity index (χ1n) is 9.11. The van der Waals surface area contributed by atoms with Crippen LogP contribution in [0.25, 0.3) is 0 Å². The third-order valence-electron chi connectivity index (χ3n) is 3.25. The molecule has 0 aromatic heterocycles. The van der Waals surface area contributed by atoms with Crippen LogP contribution in [-0.2, 0) is 11.3 Å². The average molecular weight is 371 g/mol. The van der Waals surface area contributed by atoms with Crippen molar-refractivity contribution in [1.82, 2.24) is 10.6 Å². The van der Waals surface area contributed by atoms with Crippen molar-refractivity contribution in [2.24, 2.45) is 10.9 Å². The van der Waals surface area contributed by atoms with Gasteiger partial charge in [-0.2, -0.15) is 0 Å². The zero-order valence-electron chi connectivity index (χ0n) is 15.9. The van der Waals surface area contributed by atoms with Crippen LogP contribution >= 0.6 is 0 Å². The molecule has 0 saturated carbocycles. The molecule has 0 fully saturated rings. The fourth-order valence-electron chi connectivity index (χ4n) is 2.10. The summed E-state index contributed by atoms with van der Waals surface area (Å²) in [4.78, 5) is 4.52. The number of nitrogens with one attached hydrogen (secondary N) is 2. The van der Waals surface area contributed by atoms with Crippen molar-refractivity contribution in [2.45, 2.75) is 40.2 Å². The summed E-state index contributed by atoms with van der Waals surface area (Å²) in [6.07, 6.45) is -1.58. The van der Waals surface area contributed by atoms with Gasteiger partial charge in [0.25, 0.3) is 6.43 Å². The predicted molar refractivity (Wildman–Crippen MR) is 101 cm³/mol. The Morgan fingerprint density at radius 1 is 1.19 bits per heavy atom. The largest absolute Gasteiger partial charge is 0.488 e. The van der Waals surface area contributed by atoms with Crippen LogP contribution < -0.4 is 15.4 Å². The molecule has 0 aliphatic carbocycles. The maximum Gasteiger partial charge on any atom is 0.272 e. The monoisotopic (exact) mass is 371 g/mol. The molecule has 0 spiro atoms. The van der Waals surface area contributed by atoms with Gasteiger partial charge in [-0.25, -0.2) is 13.8 Å². The van der Waals surface area contributed by atoms with Crippen molar-refractivity contribution in [2.75, 3.05) is 32.9 Å². The lowest BCUT2D eigenvalue weighted by atomic mass is 10.2. The van der Waals surface area contributed by atoms with Crippen molar-refractivity contribution in [3.63, 3.8) is 0 Å². The minimum Gasteiger partial charge on any atom is -0.488 e. The maximum atomic E-state index is 12.2. The van der Waals surface area contributed by atoms with Gasteiger partial charge in [0.1, 0.15) is 12.4 Å². The van der Waals surface area contributed by atoms with E-state index in [1.807, 2.05) is 13.0 Å². The highest BCUT2D eigenvalue weighted by Gasteiger charge is 2.04. The van der Waals surface area contributed by atoms with Gasteiger partial charge in [-0.1, -0.05) is 26.0 Å². The molecule has 7 heteroatoms. The molecule has 2 N–H and O–H groups in total. The average Bonchev–Trinajstić information content (AvgIpc) is 2.60. The molecular formula is C19H31F2N3O2. The van der Waals surface area contributed by atoms with Gasteiger partial charge in [0.15, 0.2) is 5.96 Å². The van der Waals surface area contributed by atoms with E-state index in [-0.39, 0.29) is 0 Å². The Balaban J connectivity index is 2.43. The number of ether oxygens (including phenoxy) is 2. The van der Waals surface area contributed by atoms with Gasteiger partial charge in [-0.3, -0.25) is 0 Å². The van der Waals surface area contributed by atoms with Crippen LogP contribution in [-0.4, -0.2) is 45.3 Å². The van der Waals surface area contributed by atoms with E-state index in [2.05, 4.69) is 29.5 Å². The first-order valence-corrected chi connectivity index (χ1v) is 9.11. The Kier molecular flexibility index (Phi) is 11.4. The molecule has 0 radical (unpaired) electrons. The van der Waals surface area contributed by atoms with Crippen molar-refractivity contribution < 1.29 is 18.3 Å². The highest BCUT2D eigenvalue weighted by atomic mass is 19.3. The zero-order valence-corrected chi connectivity index (χ0v) is 15.9. The molecule has 0 saturated heterocycles. The number of hydrogen-bond donors (Lipinski definition) is 2. The molecule has 1 rings (SSSR count). The van der Waals surface area contributed by atoms with E-state index in [0.717, 1.165) is 37.6 Å². The summed E-state index contributed by atoms with van der Waals surface area (Å²) in [5.41, 5.74) is 0.897. The van der Waals surface area contributed by atoms with E-state index >= 15 is 0 Å². The standard InChI is InChI=1S/C19H31F2N3O2/c1-4-22-19(23-9-6-10-25-13-15(2)3)24-12-16-7-5-8-17(11-16)26-14-18(20)21/h5,7-8,11,15,18H,4,6,9-10,12-14H2,1-3H3,(H2,22,23,24). The lowest BCUT2D eigenvalue weighted by Crippen LogP contribution is -2.38. The molecule has 1 aromatic rings. The van der Waals surface area contributed by atoms with E-state index in [9.17, 15) is 8.78 Å². The minimum atomic E-state index is -2.48. The quantitative estimate of drug-likeness (QED) is 0.336. The number of alkyl halides is 2. The van der Waals surface area contributed by atoms with Crippen LogP contribution in [0.1, 0.15) is 32.8 Å². The Hall–Kier alpha value is -1.89. The van der Waals surface area contributed by atoms with Crippen LogP contribution in [0.2, 0.25) is 0 Å². The Morgan fingerprint density at radius 2 is 2.00 bits per heavy atom. The predicted octanol–water partition coefficient (Wildman–Crippen LogP) is 3.45. The lowest BCUT2D eigenvalue weighted by molar-refractivity contribution is 0.0818. The molecule has 148 valence electrons. The van der Waals surface area contributed by atoms with E-state index in [1.54, 1.807) is 18.2 Å². The third kappa shape index (κ3) is 10.9. The second-order valence-electron chi connectivity index (χ2n) is 6.29. The normalized spacial score (nSPS) is 11.9. The highest BCUT2D eigenvalue weighted by Crippen LogP contribution is 2.14. The number of guanidine groups is 1. The molecule has 0 aliphatic rings. The van der Waals surface area contributed by atoms with Gasteiger partial charge < -0.3 is 20.1 Å². The Bertz CT molecular complexity index is 525. The summed E-state index contributed by atoms with van der Waals surface area (Å²) >= 11 is 0. The SMILES string of the molecule is CCNC(=NCc1cccc(OCC(F)F)c1)NCCCOCC(C)C. The second kappa shape index (κ2) is 13.3. The molecule has 26 heavy (non-hydrogen) atoms. The van der Waals surface area contributed by atoms with E-state index in [0.29, 0.717) is 24.8 Å². The molecule has 0 unspecified atom stereocenters. The van der Waals surface area contributed by atoms with Gasteiger partial charge >= 0.3 is 0 Å². The van der Waals surface area contributed by atoms with Gasteiger partial charge in [-0.15, -0.1) is 0 Å². The first-order chi connectivity index (χ1) is 12.5. The van der Waals surface area contributed by atoms with Gasteiger partial charge in [0.2, 0.25) is 0 Å². The van der Waals surface area contributed by atoms with E-state index in [1.165, 1.54) is 0 Å². The van der Waals surface area contributed by atoms with Crippen LogP contribution in [0.5, 0.6) is 5.75 Å². The summed E-state index contributed by atoms with van der Waals surface area (Å²) in [5.74, 6) is 1.69. The minimum absolute atomic E-state index is 0.429. The van der Waals surface area contributed by atoms with Gasteiger partial charge in [0.05, 0.1) is 6.54 Å². The highest BCUT2D eigenvalue weighted by molar-refractivity contribution is 5.79. The van der Waals surface area contributed by atoms with Gasteiger partial charge in [0, 0.05) is 26.3 Å². The maximum absolute atomic E-state index is 12.2. The second-order valence-corrected chi connectivity index (χ2v) is 6.29. The zero-order chi connectivity index (χ0) is 19.2. The molecule has 0 heterocycles. The molecular weight excluding hydrogens is 340 g/mol. The van der Waals surface area contributed by atoms with Crippen molar-refractivity contribution >= 4 is 5.96 Å². The number of nitrogens with zero attached hydrogens (tertiary/aromatic N) is 1.